The fourth-order valence-electron chi connectivity index (χ4n) is 1.17. The number of pyridine rings is 1. The molecule has 0 amide bonds. The highest BCUT2D eigenvalue weighted by Crippen LogP contribution is 2.19. The van der Waals surface area contributed by atoms with Gasteiger partial charge in [-0.15, -0.1) is 0 Å². The van der Waals surface area contributed by atoms with Gasteiger partial charge >= 0.3 is 5.88 Å². The van der Waals surface area contributed by atoms with E-state index in [2.05, 4.69) is 4.98 Å². The van der Waals surface area contributed by atoms with Gasteiger partial charge in [-0.3, -0.25) is 10.1 Å². The zero-order valence-corrected chi connectivity index (χ0v) is 8.50. The van der Waals surface area contributed by atoms with Crippen molar-refractivity contribution in [2.45, 2.75) is 6.61 Å². The molecule has 0 bridgehead atoms. The van der Waals surface area contributed by atoms with Crippen molar-refractivity contribution in [1.29, 1.82) is 0 Å². The highest BCUT2D eigenvalue weighted by Gasteiger charge is 2.12. The van der Waals surface area contributed by atoms with Crippen LogP contribution in [0.4, 0.5) is 10.3 Å². The molecule has 88 valence electrons. The molecule has 0 aromatic carbocycles. The van der Waals surface area contributed by atoms with Crippen LogP contribution < -0.4 is 4.74 Å². The molecule has 0 unspecified atom stereocenters. The van der Waals surface area contributed by atoms with Gasteiger partial charge < -0.3 is 9.15 Å². The lowest BCUT2D eigenvalue weighted by atomic mass is 10.4. The zero-order chi connectivity index (χ0) is 12.3. The van der Waals surface area contributed by atoms with Gasteiger partial charge in [0.25, 0.3) is 5.95 Å². The summed E-state index contributed by atoms with van der Waals surface area (Å²) in [4.78, 5) is 13.1. The number of nitro groups is 1. The van der Waals surface area contributed by atoms with Crippen LogP contribution in [0.2, 0.25) is 0 Å². The molecule has 2 aromatic heterocycles. The van der Waals surface area contributed by atoms with Crippen molar-refractivity contribution in [1.82, 2.24) is 4.98 Å². The van der Waals surface area contributed by atoms with E-state index in [-0.39, 0.29) is 24.0 Å². The second-order valence-corrected chi connectivity index (χ2v) is 3.08. The van der Waals surface area contributed by atoms with Gasteiger partial charge in [-0.25, -0.2) is 4.98 Å². The van der Waals surface area contributed by atoms with Crippen molar-refractivity contribution < 1.29 is 18.5 Å². The molecular weight excluding hydrogens is 231 g/mol. The molecule has 0 aliphatic carbocycles. The Kier molecular flexibility index (Phi) is 2.99. The SMILES string of the molecule is O=[N+]([O-])c1ccc(COc2cccnc2F)o1. The third-order valence-electron chi connectivity index (χ3n) is 1.92. The van der Waals surface area contributed by atoms with E-state index >= 15 is 0 Å². The van der Waals surface area contributed by atoms with E-state index in [0.29, 0.717) is 0 Å². The number of aromatic nitrogens is 1. The lowest BCUT2D eigenvalue weighted by molar-refractivity contribution is -0.402. The van der Waals surface area contributed by atoms with E-state index in [0.717, 1.165) is 0 Å². The minimum atomic E-state index is -0.742. The monoisotopic (exact) mass is 238 g/mol. The molecule has 2 rings (SSSR count). The van der Waals surface area contributed by atoms with Crippen molar-refractivity contribution in [2.24, 2.45) is 0 Å². The highest BCUT2D eigenvalue weighted by atomic mass is 19.1. The Labute approximate surface area is 94.8 Å². The molecule has 0 spiro atoms. The predicted molar refractivity (Wildman–Crippen MR) is 53.9 cm³/mol. The third kappa shape index (κ3) is 2.57. The first-order valence-electron chi connectivity index (χ1n) is 4.63. The molecule has 0 radical (unpaired) electrons. The lowest BCUT2D eigenvalue weighted by Crippen LogP contribution is -1.97. The van der Waals surface area contributed by atoms with Crippen molar-refractivity contribution in [3.8, 4) is 5.75 Å². The number of rotatable bonds is 4. The summed E-state index contributed by atoms with van der Waals surface area (Å²) in [5.41, 5.74) is 0. The van der Waals surface area contributed by atoms with Gasteiger partial charge in [0, 0.05) is 6.20 Å². The number of hydrogen-bond donors (Lipinski definition) is 0. The summed E-state index contributed by atoms with van der Waals surface area (Å²) in [6.45, 7) is -0.101. The molecule has 0 atom stereocenters. The van der Waals surface area contributed by atoms with E-state index in [9.17, 15) is 14.5 Å². The van der Waals surface area contributed by atoms with Crippen LogP contribution in [0.5, 0.6) is 5.75 Å². The Morgan fingerprint density at radius 1 is 1.47 bits per heavy atom. The fourth-order valence-corrected chi connectivity index (χ4v) is 1.17. The maximum absolute atomic E-state index is 13.1. The molecule has 2 heterocycles. The Balaban J connectivity index is 2.02. The van der Waals surface area contributed by atoms with Crippen molar-refractivity contribution in [3.63, 3.8) is 0 Å². The third-order valence-corrected chi connectivity index (χ3v) is 1.92. The first kappa shape index (κ1) is 11.1. The Hall–Kier alpha value is -2.44. The summed E-state index contributed by atoms with van der Waals surface area (Å²) < 4.78 is 23.0. The molecule has 0 aliphatic rings. The normalized spacial score (nSPS) is 10.2. The van der Waals surface area contributed by atoms with E-state index < -0.39 is 10.9 Å². The molecule has 0 N–H and O–H groups in total. The van der Waals surface area contributed by atoms with Crippen LogP contribution in [0.15, 0.2) is 34.9 Å². The maximum atomic E-state index is 13.1. The standard InChI is InChI=1S/C10H7FN2O4/c11-10-8(2-1-5-12-10)16-6-7-3-4-9(17-7)13(14)15/h1-5H,6H2. The van der Waals surface area contributed by atoms with E-state index in [1.54, 1.807) is 0 Å². The Morgan fingerprint density at radius 2 is 2.29 bits per heavy atom. The van der Waals surface area contributed by atoms with E-state index in [1.807, 2.05) is 0 Å². The topological polar surface area (TPSA) is 78.4 Å². The number of ether oxygens (including phenoxy) is 1. The van der Waals surface area contributed by atoms with Gasteiger partial charge in [0.2, 0.25) is 0 Å². The summed E-state index contributed by atoms with van der Waals surface area (Å²) >= 11 is 0. The van der Waals surface area contributed by atoms with Crippen LogP contribution >= 0.6 is 0 Å². The van der Waals surface area contributed by atoms with Gasteiger partial charge in [0.05, 0.1) is 6.07 Å². The second kappa shape index (κ2) is 4.60. The number of furan rings is 1. The van der Waals surface area contributed by atoms with Gasteiger partial charge in [0.15, 0.2) is 5.75 Å². The number of hydrogen-bond acceptors (Lipinski definition) is 5. The molecule has 0 fully saturated rings. The minimum absolute atomic E-state index is 0.0356. The van der Waals surface area contributed by atoms with Gasteiger partial charge in [0.1, 0.15) is 17.3 Å². The lowest BCUT2D eigenvalue weighted by Gasteiger charge is -2.03. The minimum Gasteiger partial charge on any atom is -0.481 e. The van der Waals surface area contributed by atoms with Crippen LogP contribution in [-0.2, 0) is 6.61 Å². The molecular formula is C10H7FN2O4. The van der Waals surface area contributed by atoms with Gasteiger partial charge in [-0.2, -0.15) is 4.39 Å². The highest BCUT2D eigenvalue weighted by molar-refractivity contribution is 5.20. The van der Waals surface area contributed by atoms with Crippen molar-refractivity contribution >= 4 is 5.88 Å². The molecule has 7 heteroatoms. The summed E-state index contributed by atoms with van der Waals surface area (Å²) in [7, 11) is 0. The molecule has 0 saturated carbocycles. The van der Waals surface area contributed by atoms with Crippen molar-refractivity contribution in [2.75, 3.05) is 0 Å². The van der Waals surface area contributed by atoms with Gasteiger partial charge in [-0.05, 0) is 18.2 Å². The first-order valence-corrected chi connectivity index (χ1v) is 4.63. The van der Waals surface area contributed by atoms with E-state index in [1.165, 1.54) is 30.5 Å². The van der Waals surface area contributed by atoms with Crippen LogP contribution in [0, 0.1) is 16.1 Å². The van der Waals surface area contributed by atoms with Crippen LogP contribution in [0.25, 0.3) is 0 Å². The molecule has 2 aromatic rings. The van der Waals surface area contributed by atoms with Crippen molar-refractivity contribution in [3.05, 3.63) is 52.3 Å². The fraction of sp³-hybridized carbons (Fsp3) is 0.100. The summed E-state index contributed by atoms with van der Waals surface area (Å²) in [5.74, 6) is -0.921. The summed E-state index contributed by atoms with van der Waals surface area (Å²) in [6, 6.07) is 5.52. The molecule has 6 nitrogen and oxygen atoms in total. The van der Waals surface area contributed by atoms with Gasteiger partial charge in [-0.1, -0.05) is 0 Å². The second-order valence-electron chi connectivity index (χ2n) is 3.08. The average Bonchev–Trinajstić information content (AvgIpc) is 2.77. The predicted octanol–water partition coefficient (Wildman–Crippen LogP) is 2.30. The summed E-state index contributed by atoms with van der Waals surface area (Å²) in [6.07, 6.45) is 1.29. The van der Waals surface area contributed by atoms with Crippen LogP contribution in [-0.4, -0.2) is 9.91 Å². The van der Waals surface area contributed by atoms with Crippen LogP contribution in [0.1, 0.15) is 5.76 Å². The first-order chi connectivity index (χ1) is 8.16. The molecule has 0 aliphatic heterocycles. The quantitative estimate of drug-likeness (QED) is 0.464. The number of nitrogens with zero attached hydrogens (tertiary/aromatic N) is 2. The van der Waals surface area contributed by atoms with Crippen LogP contribution in [0.3, 0.4) is 0 Å². The maximum Gasteiger partial charge on any atom is 0.433 e. The smallest absolute Gasteiger partial charge is 0.433 e. The molecule has 0 saturated heterocycles. The number of halogens is 1. The average molecular weight is 238 g/mol. The molecule has 17 heavy (non-hydrogen) atoms. The summed E-state index contributed by atoms with van der Waals surface area (Å²) in [5, 5.41) is 10.3. The Bertz CT molecular complexity index is 541. The zero-order valence-electron chi connectivity index (χ0n) is 8.50. The van der Waals surface area contributed by atoms with E-state index in [4.69, 9.17) is 9.15 Å². The largest absolute Gasteiger partial charge is 0.481 e. The Morgan fingerprint density at radius 3 is 2.94 bits per heavy atom.